The van der Waals surface area contributed by atoms with Crippen LogP contribution in [0.5, 0.6) is 0 Å². The molecule has 0 aromatic rings. The third-order valence-corrected chi connectivity index (χ3v) is 3.79. The Labute approximate surface area is 90.6 Å². The Kier molecular flexibility index (Phi) is 2.11. The van der Waals surface area contributed by atoms with Crippen LogP contribution in [0.25, 0.3) is 0 Å². The summed E-state index contributed by atoms with van der Waals surface area (Å²) in [6.45, 7) is 6.32. The summed E-state index contributed by atoms with van der Waals surface area (Å²) in [5, 5.41) is 0. The van der Waals surface area contributed by atoms with E-state index in [1.807, 2.05) is 0 Å². The second-order valence-corrected chi connectivity index (χ2v) is 4.97. The highest BCUT2D eigenvalue weighted by Crippen LogP contribution is 2.34. The molecule has 2 N–H and O–H groups in total. The molecule has 0 aromatic heterocycles. The summed E-state index contributed by atoms with van der Waals surface area (Å²) in [6.07, 6.45) is 3.22. The Morgan fingerprint density at radius 2 is 2.20 bits per heavy atom. The zero-order valence-electron chi connectivity index (χ0n) is 9.20. The minimum absolute atomic E-state index is 0.635. The quantitative estimate of drug-likeness (QED) is 0.692. The molecule has 0 saturated carbocycles. The fourth-order valence-electron chi connectivity index (χ4n) is 2.76. The molecule has 3 heteroatoms. The van der Waals surface area contributed by atoms with Gasteiger partial charge in [-0.05, 0) is 29.6 Å². The minimum atomic E-state index is 0.635. The van der Waals surface area contributed by atoms with Gasteiger partial charge in [0, 0.05) is 18.8 Å². The Morgan fingerprint density at radius 1 is 1.40 bits per heavy atom. The predicted octanol–water partition coefficient (Wildman–Crippen LogP) is 0.880. The third-order valence-electron chi connectivity index (χ3n) is 3.79. The van der Waals surface area contributed by atoms with Crippen molar-refractivity contribution in [2.45, 2.75) is 19.4 Å². The Bertz CT molecular complexity index is 342. The molecule has 2 heterocycles. The van der Waals surface area contributed by atoms with Crippen LogP contribution in [-0.4, -0.2) is 37.2 Å². The molecule has 0 radical (unpaired) electrons. The van der Waals surface area contributed by atoms with Crippen LogP contribution in [0.3, 0.4) is 0 Å². The summed E-state index contributed by atoms with van der Waals surface area (Å²) in [7, 11) is 0. The van der Waals surface area contributed by atoms with Gasteiger partial charge in [-0.2, -0.15) is 0 Å². The molecule has 2 aliphatic heterocycles. The molecule has 1 atom stereocenters. The van der Waals surface area contributed by atoms with Gasteiger partial charge in [-0.15, -0.1) is 0 Å². The summed E-state index contributed by atoms with van der Waals surface area (Å²) in [5.41, 5.74) is 10.1. The lowest BCUT2D eigenvalue weighted by atomic mass is 9.88. The van der Waals surface area contributed by atoms with E-state index < -0.39 is 0 Å². The van der Waals surface area contributed by atoms with E-state index in [1.54, 1.807) is 5.57 Å². The number of nitrogens with two attached hydrogens (primary N) is 1. The van der Waals surface area contributed by atoms with Crippen LogP contribution >= 0.6 is 0 Å². The summed E-state index contributed by atoms with van der Waals surface area (Å²) < 4.78 is 5.25. The van der Waals surface area contributed by atoms with E-state index in [-0.39, 0.29) is 0 Å². The van der Waals surface area contributed by atoms with Gasteiger partial charge >= 0.3 is 0 Å². The third kappa shape index (κ3) is 1.50. The highest BCUT2D eigenvalue weighted by molar-refractivity contribution is 5.39. The molecule has 0 aromatic carbocycles. The molecule has 0 bridgehead atoms. The first-order valence-corrected chi connectivity index (χ1v) is 5.74. The van der Waals surface area contributed by atoms with Crippen LogP contribution in [0.2, 0.25) is 0 Å². The highest BCUT2D eigenvalue weighted by atomic mass is 16.5. The topological polar surface area (TPSA) is 38.5 Å². The van der Waals surface area contributed by atoms with Gasteiger partial charge in [-0.3, -0.25) is 4.90 Å². The maximum Gasteiger partial charge on any atom is 0.0645 e. The summed E-state index contributed by atoms with van der Waals surface area (Å²) in [5.74, 6) is 0.635. The van der Waals surface area contributed by atoms with Gasteiger partial charge in [0.15, 0.2) is 0 Å². The van der Waals surface area contributed by atoms with Crippen LogP contribution in [0.4, 0.5) is 0 Å². The number of nitrogens with zero attached hydrogens (tertiary/aromatic N) is 1. The maximum absolute atomic E-state index is 5.93. The van der Waals surface area contributed by atoms with Crippen molar-refractivity contribution in [1.82, 2.24) is 4.90 Å². The first-order chi connectivity index (χ1) is 7.24. The molecule has 1 fully saturated rings. The van der Waals surface area contributed by atoms with Crippen molar-refractivity contribution < 1.29 is 4.74 Å². The van der Waals surface area contributed by atoms with E-state index in [4.69, 9.17) is 10.5 Å². The predicted molar refractivity (Wildman–Crippen MR) is 59.3 cm³/mol. The van der Waals surface area contributed by atoms with Crippen molar-refractivity contribution in [3.63, 3.8) is 0 Å². The molecule has 1 saturated heterocycles. The molecule has 1 aliphatic carbocycles. The second kappa shape index (κ2) is 3.35. The maximum atomic E-state index is 5.93. The van der Waals surface area contributed by atoms with Crippen LogP contribution < -0.4 is 5.73 Å². The molecular weight excluding hydrogens is 188 g/mol. The number of hydrogen-bond acceptors (Lipinski definition) is 3. The lowest BCUT2D eigenvalue weighted by molar-refractivity contribution is -0.0561. The van der Waals surface area contributed by atoms with Gasteiger partial charge in [-0.1, -0.05) is 6.92 Å². The Balaban J connectivity index is 1.77. The van der Waals surface area contributed by atoms with E-state index >= 15 is 0 Å². The zero-order valence-corrected chi connectivity index (χ0v) is 9.20. The first kappa shape index (κ1) is 9.43. The molecule has 3 rings (SSSR count). The Morgan fingerprint density at radius 3 is 2.87 bits per heavy atom. The number of rotatable bonds is 1. The van der Waals surface area contributed by atoms with Crippen LogP contribution in [0.1, 0.15) is 13.3 Å². The molecule has 0 amide bonds. The largest absolute Gasteiger partial charge is 0.402 e. The summed E-state index contributed by atoms with van der Waals surface area (Å²) >= 11 is 0. The van der Waals surface area contributed by atoms with Gasteiger partial charge in [0.25, 0.3) is 0 Å². The van der Waals surface area contributed by atoms with E-state index in [0.29, 0.717) is 12.0 Å². The second-order valence-electron chi connectivity index (χ2n) is 4.97. The lowest BCUT2D eigenvalue weighted by Gasteiger charge is -2.34. The lowest BCUT2D eigenvalue weighted by Crippen LogP contribution is -2.48. The van der Waals surface area contributed by atoms with Crippen LogP contribution in [-0.2, 0) is 4.74 Å². The van der Waals surface area contributed by atoms with Crippen LogP contribution in [0.15, 0.2) is 22.9 Å². The summed E-state index contributed by atoms with van der Waals surface area (Å²) in [6, 6.07) is 0.650. The standard InChI is InChI=1S/C12H18N2O/c1-8-2-10(13)3-9-4-14(5-12(8)9)11-6-15-7-11/h3,8,11H,2,4-7,13H2,1H3. The van der Waals surface area contributed by atoms with E-state index in [0.717, 1.165) is 38.4 Å². The fourth-order valence-corrected chi connectivity index (χ4v) is 2.76. The minimum Gasteiger partial charge on any atom is -0.402 e. The van der Waals surface area contributed by atoms with Gasteiger partial charge in [0.2, 0.25) is 0 Å². The van der Waals surface area contributed by atoms with Crippen molar-refractivity contribution in [1.29, 1.82) is 0 Å². The molecule has 1 unspecified atom stereocenters. The average molecular weight is 206 g/mol. The van der Waals surface area contributed by atoms with Gasteiger partial charge in [0.05, 0.1) is 19.3 Å². The molecule has 3 aliphatic rings. The summed E-state index contributed by atoms with van der Waals surface area (Å²) in [4.78, 5) is 2.53. The fraction of sp³-hybridized carbons (Fsp3) is 0.667. The normalized spacial score (nSPS) is 32.6. The average Bonchev–Trinajstić information content (AvgIpc) is 2.44. The van der Waals surface area contributed by atoms with Gasteiger partial charge in [-0.25, -0.2) is 0 Å². The number of allylic oxidation sites excluding steroid dienone is 1. The van der Waals surface area contributed by atoms with Crippen molar-refractivity contribution >= 4 is 0 Å². The van der Waals surface area contributed by atoms with Gasteiger partial charge < -0.3 is 10.5 Å². The van der Waals surface area contributed by atoms with E-state index in [9.17, 15) is 0 Å². The SMILES string of the molecule is CC1CC(N)=CC2=C1CN(C1COC1)C2. The number of hydrogen-bond donors (Lipinski definition) is 1. The molecule has 0 spiro atoms. The number of ether oxygens (including phenoxy) is 1. The van der Waals surface area contributed by atoms with Crippen molar-refractivity contribution in [2.75, 3.05) is 26.3 Å². The van der Waals surface area contributed by atoms with E-state index in [1.165, 1.54) is 5.57 Å². The van der Waals surface area contributed by atoms with Crippen LogP contribution in [0, 0.1) is 5.92 Å². The van der Waals surface area contributed by atoms with Crippen molar-refractivity contribution in [2.24, 2.45) is 11.7 Å². The molecule has 3 nitrogen and oxygen atoms in total. The van der Waals surface area contributed by atoms with Gasteiger partial charge in [0.1, 0.15) is 0 Å². The Hall–Kier alpha value is -0.800. The van der Waals surface area contributed by atoms with Crippen molar-refractivity contribution in [3.05, 3.63) is 22.9 Å². The monoisotopic (exact) mass is 206 g/mol. The first-order valence-electron chi connectivity index (χ1n) is 5.74. The molecule has 82 valence electrons. The molecule has 15 heavy (non-hydrogen) atoms. The molecular formula is C12H18N2O. The smallest absolute Gasteiger partial charge is 0.0645 e. The zero-order chi connectivity index (χ0) is 10.4. The highest BCUT2D eigenvalue weighted by Gasteiger charge is 2.34. The van der Waals surface area contributed by atoms with E-state index in [2.05, 4.69) is 17.9 Å². The van der Waals surface area contributed by atoms with Crippen molar-refractivity contribution in [3.8, 4) is 0 Å².